The number of hydrogen-bond donors (Lipinski definition) is 1. The first kappa shape index (κ1) is 23.7. The first-order valence-corrected chi connectivity index (χ1v) is 12.1. The molecule has 1 aromatic carbocycles. The lowest BCUT2D eigenvalue weighted by Gasteiger charge is -2.40. The van der Waals surface area contributed by atoms with Crippen LogP contribution in [0.2, 0.25) is 0 Å². The summed E-state index contributed by atoms with van der Waals surface area (Å²) in [5.41, 5.74) is 1.91. The average Bonchev–Trinajstić information content (AvgIpc) is 3.32. The Labute approximate surface area is 188 Å². The van der Waals surface area contributed by atoms with Crippen molar-refractivity contribution in [1.82, 2.24) is 20.0 Å². The van der Waals surface area contributed by atoms with Gasteiger partial charge in [-0.2, -0.15) is 0 Å². The van der Waals surface area contributed by atoms with Crippen molar-refractivity contribution in [2.24, 2.45) is 5.92 Å². The van der Waals surface area contributed by atoms with Crippen molar-refractivity contribution in [2.45, 2.75) is 52.5 Å². The van der Waals surface area contributed by atoms with E-state index in [0.717, 1.165) is 56.7 Å². The second-order valence-corrected chi connectivity index (χ2v) is 9.00. The molecular weight excluding hydrogens is 388 g/mol. The van der Waals surface area contributed by atoms with Gasteiger partial charge in [0.15, 0.2) is 0 Å². The second-order valence-electron chi connectivity index (χ2n) is 9.00. The number of carbonyl (C=O) groups excluding carboxylic acids is 2. The third-order valence-electron chi connectivity index (χ3n) is 7.03. The van der Waals surface area contributed by atoms with Gasteiger partial charge in [0.2, 0.25) is 5.91 Å². The van der Waals surface area contributed by atoms with Crippen LogP contribution in [-0.2, 0) is 4.79 Å². The van der Waals surface area contributed by atoms with Gasteiger partial charge in [0.1, 0.15) is 0 Å². The number of nitrogens with zero attached hydrogens (tertiary/aromatic N) is 3. The number of benzene rings is 1. The predicted octanol–water partition coefficient (Wildman–Crippen LogP) is 2.77. The summed E-state index contributed by atoms with van der Waals surface area (Å²) in [7, 11) is 0. The van der Waals surface area contributed by atoms with E-state index in [0.29, 0.717) is 25.6 Å². The largest absolute Gasteiger partial charge is 0.353 e. The second kappa shape index (κ2) is 11.6. The highest BCUT2D eigenvalue weighted by Gasteiger charge is 2.37. The van der Waals surface area contributed by atoms with Gasteiger partial charge in [-0.1, -0.05) is 44.4 Å². The van der Waals surface area contributed by atoms with Crippen molar-refractivity contribution in [3.05, 3.63) is 35.4 Å². The predicted molar refractivity (Wildman–Crippen MR) is 125 cm³/mol. The van der Waals surface area contributed by atoms with E-state index in [1.165, 1.54) is 12.8 Å². The molecule has 0 aromatic heterocycles. The Morgan fingerprint density at radius 3 is 2.23 bits per heavy atom. The molecule has 1 saturated carbocycles. The van der Waals surface area contributed by atoms with Gasteiger partial charge in [-0.05, 0) is 50.9 Å². The third-order valence-corrected chi connectivity index (χ3v) is 7.03. The Bertz CT molecular complexity index is 703. The third kappa shape index (κ3) is 6.30. The standard InChI is InChI=1S/C25H40N4O2/c1-4-27(5-2)15-14-26-24(30)23(21-8-6-7-9-21)28-16-18-29(19-17-28)25(31)22-12-10-20(3)11-13-22/h10-13,21,23H,4-9,14-19H2,1-3H3,(H,26,30). The highest BCUT2D eigenvalue weighted by molar-refractivity contribution is 5.94. The smallest absolute Gasteiger partial charge is 0.253 e. The van der Waals surface area contributed by atoms with Gasteiger partial charge >= 0.3 is 0 Å². The van der Waals surface area contributed by atoms with E-state index in [9.17, 15) is 9.59 Å². The molecule has 2 aliphatic rings. The average molecular weight is 429 g/mol. The van der Waals surface area contributed by atoms with Crippen LogP contribution in [0.5, 0.6) is 0 Å². The molecule has 31 heavy (non-hydrogen) atoms. The number of aryl methyl sites for hydroxylation is 1. The maximum absolute atomic E-state index is 13.2. The maximum atomic E-state index is 13.2. The molecule has 172 valence electrons. The van der Waals surface area contributed by atoms with Crippen LogP contribution < -0.4 is 5.32 Å². The molecule has 1 heterocycles. The summed E-state index contributed by atoms with van der Waals surface area (Å²) in [5, 5.41) is 3.22. The number of amides is 2. The van der Waals surface area contributed by atoms with Crippen LogP contribution in [0.1, 0.15) is 55.5 Å². The van der Waals surface area contributed by atoms with Crippen molar-refractivity contribution in [3.8, 4) is 0 Å². The van der Waals surface area contributed by atoms with Crippen LogP contribution in [0.25, 0.3) is 0 Å². The van der Waals surface area contributed by atoms with E-state index in [1.807, 2.05) is 36.1 Å². The fraction of sp³-hybridized carbons (Fsp3) is 0.680. The molecule has 0 radical (unpaired) electrons. The van der Waals surface area contributed by atoms with Gasteiger partial charge in [-0.25, -0.2) is 0 Å². The lowest BCUT2D eigenvalue weighted by molar-refractivity contribution is -0.129. The summed E-state index contributed by atoms with van der Waals surface area (Å²) >= 11 is 0. The Morgan fingerprint density at radius 1 is 1.03 bits per heavy atom. The van der Waals surface area contributed by atoms with Crippen molar-refractivity contribution in [1.29, 1.82) is 0 Å². The first-order valence-electron chi connectivity index (χ1n) is 12.1. The quantitative estimate of drug-likeness (QED) is 0.657. The Hall–Kier alpha value is -1.92. The Morgan fingerprint density at radius 2 is 1.65 bits per heavy atom. The van der Waals surface area contributed by atoms with E-state index >= 15 is 0 Å². The van der Waals surface area contributed by atoms with Gasteiger partial charge in [0, 0.05) is 44.8 Å². The Balaban J connectivity index is 1.57. The van der Waals surface area contributed by atoms with Gasteiger partial charge in [-0.15, -0.1) is 0 Å². The fourth-order valence-corrected chi connectivity index (χ4v) is 5.01. The maximum Gasteiger partial charge on any atom is 0.253 e. The molecule has 0 bridgehead atoms. The summed E-state index contributed by atoms with van der Waals surface area (Å²) in [6, 6.07) is 7.74. The normalized spacial score (nSPS) is 19.0. The zero-order chi connectivity index (χ0) is 22.2. The van der Waals surface area contributed by atoms with Crippen LogP contribution in [0.4, 0.5) is 0 Å². The van der Waals surface area contributed by atoms with Crippen LogP contribution >= 0.6 is 0 Å². The van der Waals surface area contributed by atoms with E-state index in [2.05, 4.69) is 29.0 Å². The van der Waals surface area contributed by atoms with Crippen LogP contribution in [0.3, 0.4) is 0 Å². The number of likely N-dealkylation sites (N-methyl/N-ethyl adjacent to an activating group) is 1. The summed E-state index contributed by atoms with van der Waals surface area (Å²) in [6.45, 7) is 12.9. The van der Waals surface area contributed by atoms with E-state index in [-0.39, 0.29) is 17.9 Å². The molecular formula is C25H40N4O2. The number of nitrogens with one attached hydrogen (secondary N) is 1. The molecule has 2 amide bonds. The first-order chi connectivity index (χ1) is 15.0. The van der Waals surface area contributed by atoms with Gasteiger partial charge in [-0.3, -0.25) is 14.5 Å². The fourth-order valence-electron chi connectivity index (χ4n) is 5.01. The lowest BCUT2D eigenvalue weighted by Crippen LogP contribution is -2.58. The monoisotopic (exact) mass is 428 g/mol. The molecule has 1 aromatic rings. The van der Waals surface area contributed by atoms with Crippen LogP contribution in [0, 0.1) is 12.8 Å². The number of carbonyl (C=O) groups is 2. The van der Waals surface area contributed by atoms with Crippen molar-refractivity contribution >= 4 is 11.8 Å². The van der Waals surface area contributed by atoms with Crippen molar-refractivity contribution in [2.75, 3.05) is 52.4 Å². The summed E-state index contributed by atoms with van der Waals surface area (Å²) in [4.78, 5) is 32.7. The molecule has 2 fully saturated rings. The topological polar surface area (TPSA) is 55.9 Å². The highest BCUT2D eigenvalue weighted by Crippen LogP contribution is 2.31. The lowest BCUT2D eigenvalue weighted by atomic mass is 9.95. The number of hydrogen-bond acceptors (Lipinski definition) is 4. The zero-order valence-electron chi connectivity index (χ0n) is 19.6. The van der Waals surface area contributed by atoms with Crippen molar-refractivity contribution in [3.63, 3.8) is 0 Å². The molecule has 6 heteroatoms. The Kier molecular flexibility index (Phi) is 8.90. The summed E-state index contributed by atoms with van der Waals surface area (Å²) in [5.74, 6) is 0.714. The molecule has 1 aliphatic heterocycles. The SMILES string of the molecule is CCN(CC)CCNC(=O)C(C1CCCC1)N1CCN(C(=O)c2ccc(C)cc2)CC1. The van der Waals surface area contributed by atoms with E-state index in [4.69, 9.17) is 0 Å². The van der Waals surface area contributed by atoms with Crippen molar-refractivity contribution < 1.29 is 9.59 Å². The van der Waals surface area contributed by atoms with Gasteiger partial charge < -0.3 is 15.1 Å². The van der Waals surface area contributed by atoms with E-state index in [1.54, 1.807) is 0 Å². The summed E-state index contributed by atoms with van der Waals surface area (Å²) in [6.07, 6.45) is 4.72. The minimum absolute atomic E-state index is 0.0594. The van der Waals surface area contributed by atoms with Crippen LogP contribution in [-0.4, -0.2) is 84.9 Å². The molecule has 3 rings (SSSR count). The molecule has 1 unspecified atom stereocenters. The molecule has 6 nitrogen and oxygen atoms in total. The zero-order valence-corrected chi connectivity index (χ0v) is 19.6. The van der Waals surface area contributed by atoms with Gasteiger partial charge in [0.25, 0.3) is 5.91 Å². The molecule has 0 spiro atoms. The minimum atomic E-state index is -0.0594. The molecule has 1 saturated heterocycles. The number of piperazine rings is 1. The molecule has 1 N–H and O–H groups in total. The molecule has 1 atom stereocenters. The van der Waals surface area contributed by atoms with E-state index < -0.39 is 0 Å². The van der Waals surface area contributed by atoms with Gasteiger partial charge in [0.05, 0.1) is 6.04 Å². The minimum Gasteiger partial charge on any atom is -0.353 e. The van der Waals surface area contributed by atoms with Crippen LogP contribution in [0.15, 0.2) is 24.3 Å². The molecule has 1 aliphatic carbocycles. The number of rotatable bonds is 9. The summed E-state index contributed by atoms with van der Waals surface area (Å²) < 4.78 is 0. The highest BCUT2D eigenvalue weighted by atomic mass is 16.2.